The Morgan fingerprint density at radius 1 is 1.29 bits per heavy atom. The zero-order valence-electron chi connectivity index (χ0n) is 9.13. The van der Waals surface area contributed by atoms with E-state index in [9.17, 15) is 8.42 Å². The minimum Gasteiger partial charge on any atom is -0.382 e. The van der Waals surface area contributed by atoms with Crippen molar-refractivity contribution in [3.05, 3.63) is 26.7 Å². The lowest BCUT2D eigenvalue weighted by molar-refractivity contribution is 0.597. The Labute approximate surface area is 120 Å². The third kappa shape index (κ3) is 4.66. The minimum absolute atomic E-state index is 0.0617. The molecule has 7 heteroatoms. The molecule has 96 valence electrons. The van der Waals surface area contributed by atoms with E-state index in [1.165, 1.54) is 0 Å². The monoisotopic (exact) mass is 359 g/mol. The van der Waals surface area contributed by atoms with Crippen molar-refractivity contribution in [3.63, 3.8) is 0 Å². The first-order chi connectivity index (χ1) is 7.85. The summed E-state index contributed by atoms with van der Waals surface area (Å²) in [4.78, 5) is 0. The van der Waals surface area contributed by atoms with E-state index in [1.807, 2.05) is 0 Å². The SMILES string of the molecule is CCS(=O)(=O)CCNc1c(Cl)cc(Br)cc1Cl. The van der Waals surface area contributed by atoms with Crippen LogP contribution >= 0.6 is 39.1 Å². The second-order valence-electron chi connectivity index (χ2n) is 3.41. The number of sulfone groups is 1. The fourth-order valence-corrected chi connectivity index (χ4v) is 3.23. The summed E-state index contributed by atoms with van der Waals surface area (Å²) in [6.07, 6.45) is 0. The van der Waals surface area contributed by atoms with Gasteiger partial charge < -0.3 is 5.32 Å². The molecule has 0 saturated carbocycles. The van der Waals surface area contributed by atoms with Gasteiger partial charge in [0.05, 0.1) is 21.5 Å². The van der Waals surface area contributed by atoms with Gasteiger partial charge in [-0.3, -0.25) is 0 Å². The predicted molar refractivity (Wildman–Crippen MR) is 77.0 cm³/mol. The van der Waals surface area contributed by atoms with Crippen LogP contribution in [-0.4, -0.2) is 26.5 Å². The van der Waals surface area contributed by atoms with Gasteiger partial charge in [-0.15, -0.1) is 0 Å². The standard InChI is InChI=1S/C10H12BrCl2NO2S/c1-2-17(15,16)4-3-14-10-8(12)5-7(11)6-9(10)13/h5-6,14H,2-4H2,1H3. The average Bonchev–Trinajstić information content (AvgIpc) is 2.22. The molecule has 0 aromatic heterocycles. The Morgan fingerprint density at radius 2 is 1.82 bits per heavy atom. The summed E-state index contributed by atoms with van der Waals surface area (Å²) in [5, 5.41) is 3.85. The van der Waals surface area contributed by atoms with Crippen LogP contribution in [0.25, 0.3) is 0 Å². The van der Waals surface area contributed by atoms with Crippen LogP contribution in [0.4, 0.5) is 5.69 Å². The molecular formula is C10H12BrCl2NO2S. The molecule has 1 aromatic rings. The predicted octanol–water partition coefficient (Wildman–Crippen LogP) is 3.60. The molecule has 17 heavy (non-hydrogen) atoms. The van der Waals surface area contributed by atoms with Gasteiger partial charge in [0.15, 0.2) is 9.84 Å². The lowest BCUT2D eigenvalue weighted by Crippen LogP contribution is -2.17. The normalized spacial score (nSPS) is 11.5. The summed E-state index contributed by atoms with van der Waals surface area (Å²) >= 11 is 15.3. The zero-order chi connectivity index (χ0) is 13.1. The molecule has 0 radical (unpaired) electrons. The van der Waals surface area contributed by atoms with Crippen LogP contribution in [0.15, 0.2) is 16.6 Å². The second-order valence-corrected chi connectivity index (χ2v) is 7.61. The van der Waals surface area contributed by atoms with E-state index in [0.717, 1.165) is 4.47 Å². The second kappa shape index (κ2) is 6.27. The lowest BCUT2D eigenvalue weighted by atomic mass is 10.3. The quantitative estimate of drug-likeness (QED) is 0.872. The van der Waals surface area contributed by atoms with Crippen molar-refractivity contribution in [2.24, 2.45) is 0 Å². The zero-order valence-corrected chi connectivity index (χ0v) is 13.0. The number of nitrogens with one attached hydrogen (secondary N) is 1. The van der Waals surface area contributed by atoms with Gasteiger partial charge in [-0.1, -0.05) is 46.1 Å². The van der Waals surface area contributed by atoms with Crippen molar-refractivity contribution in [1.29, 1.82) is 0 Å². The first-order valence-electron chi connectivity index (χ1n) is 4.94. The number of halogens is 3. The Bertz CT molecular complexity index is 482. The Balaban J connectivity index is 2.71. The van der Waals surface area contributed by atoms with E-state index in [1.54, 1.807) is 19.1 Å². The highest BCUT2D eigenvalue weighted by atomic mass is 79.9. The average molecular weight is 361 g/mol. The maximum atomic E-state index is 11.3. The van der Waals surface area contributed by atoms with Gasteiger partial charge in [0.25, 0.3) is 0 Å². The smallest absolute Gasteiger partial charge is 0.151 e. The first kappa shape index (κ1) is 15.1. The maximum absolute atomic E-state index is 11.3. The van der Waals surface area contributed by atoms with Crippen LogP contribution in [0.5, 0.6) is 0 Å². The summed E-state index contributed by atoms with van der Waals surface area (Å²) < 4.78 is 23.4. The van der Waals surface area contributed by atoms with E-state index in [0.29, 0.717) is 15.7 Å². The van der Waals surface area contributed by atoms with E-state index >= 15 is 0 Å². The molecule has 0 spiro atoms. The third-order valence-electron chi connectivity index (χ3n) is 2.16. The van der Waals surface area contributed by atoms with Gasteiger partial charge in [-0.05, 0) is 12.1 Å². The molecule has 0 aliphatic carbocycles. The molecule has 0 amide bonds. The van der Waals surface area contributed by atoms with E-state index in [-0.39, 0.29) is 18.1 Å². The molecular weight excluding hydrogens is 349 g/mol. The summed E-state index contributed by atoms with van der Waals surface area (Å²) in [5.74, 6) is 0.197. The number of anilines is 1. The fourth-order valence-electron chi connectivity index (χ4n) is 1.19. The highest BCUT2D eigenvalue weighted by Crippen LogP contribution is 2.33. The largest absolute Gasteiger partial charge is 0.382 e. The van der Waals surface area contributed by atoms with Crippen molar-refractivity contribution < 1.29 is 8.42 Å². The van der Waals surface area contributed by atoms with Crippen LogP contribution in [0.1, 0.15) is 6.92 Å². The molecule has 1 N–H and O–H groups in total. The van der Waals surface area contributed by atoms with E-state index in [4.69, 9.17) is 23.2 Å². The molecule has 0 atom stereocenters. The van der Waals surface area contributed by atoms with Crippen molar-refractivity contribution >= 4 is 54.7 Å². The topological polar surface area (TPSA) is 46.2 Å². The molecule has 0 saturated heterocycles. The molecule has 0 fully saturated rings. The highest BCUT2D eigenvalue weighted by Gasteiger charge is 2.10. The maximum Gasteiger partial charge on any atom is 0.151 e. The Hall–Kier alpha value is 0.0300. The van der Waals surface area contributed by atoms with Crippen molar-refractivity contribution in [2.75, 3.05) is 23.4 Å². The van der Waals surface area contributed by atoms with Crippen LogP contribution < -0.4 is 5.32 Å². The fraction of sp³-hybridized carbons (Fsp3) is 0.400. The Morgan fingerprint density at radius 3 is 2.29 bits per heavy atom. The molecule has 1 rings (SSSR count). The van der Waals surface area contributed by atoms with Crippen molar-refractivity contribution in [2.45, 2.75) is 6.92 Å². The summed E-state index contributed by atoms with van der Waals surface area (Å²) in [7, 11) is -2.98. The number of benzene rings is 1. The van der Waals surface area contributed by atoms with Gasteiger partial charge in [-0.25, -0.2) is 8.42 Å². The number of hydrogen-bond donors (Lipinski definition) is 1. The number of hydrogen-bond acceptors (Lipinski definition) is 3. The van der Waals surface area contributed by atoms with Crippen LogP contribution in [0.3, 0.4) is 0 Å². The van der Waals surface area contributed by atoms with Gasteiger partial charge in [0.2, 0.25) is 0 Å². The molecule has 1 aromatic carbocycles. The summed E-state index contributed by atoms with van der Waals surface area (Å²) in [6, 6.07) is 3.40. The van der Waals surface area contributed by atoms with E-state index < -0.39 is 9.84 Å². The Kier molecular flexibility index (Phi) is 5.57. The summed E-state index contributed by atoms with van der Waals surface area (Å²) in [5.41, 5.74) is 0.558. The molecule has 0 bridgehead atoms. The third-order valence-corrected chi connectivity index (χ3v) is 4.92. The van der Waals surface area contributed by atoms with Gasteiger partial charge >= 0.3 is 0 Å². The van der Waals surface area contributed by atoms with Crippen molar-refractivity contribution in [3.8, 4) is 0 Å². The van der Waals surface area contributed by atoms with Crippen LogP contribution in [0, 0.1) is 0 Å². The lowest BCUT2D eigenvalue weighted by Gasteiger charge is -2.10. The van der Waals surface area contributed by atoms with Crippen molar-refractivity contribution in [1.82, 2.24) is 0 Å². The van der Waals surface area contributed by atoms with Crippen LogP contribution in [0.2, 0.25) is 10.0 Å². The van der Waals surface area contributed by atoms with Gasteiger partial charge in [0.1, 0.15) is 0 Å². The van der Waals surface area contributed by atoms with Gasteiger partial charge in [-0.2, -0.15) is 0 Å². The molecule has 0 aliphatic heterocycles. The van der Waals surface area contributed by atoms with Crippen LogP contribution in [-0.2, 0) is 9.84 Å². The summed E-state index contributed by atoms with van der Waals surface area (Å²) in [6.45, 7) is 1.91. The van der Waals surface area contributed by atoms with Gasteiger partial charge in [0, 0.05) is 16.8 Å². The molecule has 3 nitrogen and oxygen atoms in total. The molecule has 0 unspecified atom stereocenters. The van der Waals surface area contributed by atoms with E-state index in [2.05, 4.69) is 21.2 Å². The highest BCUT2D eigenvalue weighted by molar-refractivity contribution is 9.10. The molecule has 0 aliphatic rings. The first-order valence-corrected chi connectivity index (χ1v) is 8.31. The molecule has 0 heterocycles. The minimum atomic E-state index is -2.98. The number of rotatable bonds is 5.